The van der Waals surface area contributed by atoms with Gasteiger partial charge in [0, 0.05) is 29.6 Å². The van der Waals surface area contributed by atoms with Gasteiger partial charge >= 0.3 is 0 Å². The van der Waals surface area contributed by atoms with E-state index in [4.69, 9.17) is 0 Å². The van der Waals surface area contributed by atoms with Gasteiger partial charge in [0.2, 0.25) is 0 Å². The van der Waals surface area contributed by atoms with Gasteiger partial charge in [-0.3, -0.25) is 4.79 Å². The Kier molecular flexibility index (Phi) is 3.17. The minimum Gasteiger partial charge on any atom is -0.362 e. The van der Waals surface area contributed by atoms with Crippen molar-refractivity contribution in [3.05, 3.63) is 52.8 Å². The summed E-state index contributed by atoms with van der Waals surface area (Å²) in [5, 5.41) is 8.20. The van der Waals surface area contributed by atoms with Crippen LogP contribution in [0.2, 0.25) is 0 Å². The Morgan fingerprint density at radius 2 is 2.00 bits per heavy atom. The molecule has 1 aromatic heterocycles. The number of hydrogen-bond acceptors (Lipinski definition) is 3. The van der Waals surface area contributed by atoms with E-state index in [1.807, 2.05) is 44.2 Å². The summed E-state index contributed by atoms with van der Waals surface area (Å²) in [5.74, 6) is -0.129. The number of hydrogen-bond donors (Lipinski definition) is 1. The molecule has 2 heterocycles. The zero-order chi connectivity index (χ0) is 15.0. The standard InChI is InChI=1S/C16H16N4O/c1-10-8-12(11(2)18-10)9-17-19-15-13-6-4-5-7-14(13)20(3)16(15)21/h4-9,18H,1-3H3/b17-9+,19-15+. The van der Waals surface area contributed by atoms with E-state index in [1.54, 1.807) is 18.2 Å². The molecule has 1 aliphatic rings. The number of H-pyrrole nitrogens is 1. The van der Waals surface area contributed by atoms with Crippen LogP contribution in [-0.4, -0.2) is 29.9 Å². The fraction of sp³-hybridized carbons (Fsp3) is 0.188. The van der Waals surface area contributed by atoms with Crippen molar-refractivity contribution in [2.75, 3.05) is 11.9 Å². The number of fused-ring (bicyclic) bond motifs is 1. The summed E-state index contributed by atoms with van der Waals surface area (Å²) in [6, 6.07) is 9.58. The van der Waals surface area contributed by atoms with Crippen molar-refractivity contribution in [2.24, 2.45) is 10.2 Å². The smallest absolute Gasteiger partial charge is 0.279 e. The number of carbonyl (C=O) groups excluding carboxylic acids is 1. The number of anilines is 1. The zero-order valence-electron chi connectivity index (χ0n) is 12.2. The number of rotatable bonds is 2. The number of aromatic nitrogens is 1. The van der Waals surface area contributed by atoms with Crippen molar-refractivity contribution >= 4 is 23.5 Å². The molecule has 21 heavy (non-hydrogen) atoms. The molecule has 1 N–H and O–H groups in total. The molecular formula is C16H16N4O. The fourth-order valence-corrected chi connectivity index (χ4v) is 2.47. The number of aromatic amines is 1. The van der Waals surface area contributed by atoms with Gasteiger partial charge in [0.25, 0.3) is 5.91 Å². The van der Waals surface area contributed by atoms with Gasteiger partial charge in [-0.2, -0.15) is 5.10 Å². The molecule has 0 atom stereocenters. The van der Waals surface area contributed by atoms with Gasteiger partial charge in [-0.05, 0) is 26.0 Å². The number of carbonyl (C=O) groups is 1. The second-order valence-electron chi connectivity index (χ2n) is 5.11. The SMILES string of the molecule is Cc1cc(/C=N/N=C2/C(=O)N(C)c3ccccc32)c(C)[nH]1. The minimum absolute atomic E-state index is 0.129. The third kappa shape index (κ3) is 2.27. The summed E-state index contributed by atoms with van der Waals surface area (Å²) in [7, 11) is 1.74. The predicted molar refractivity (Wildman–Crippen MR) is 84.2 cm³/mol. The monoisotopic (exact) mass is 280 g/mol. The Bertz CT molecular complexity index is 770. The lowest BCUT2D eigenvalue weighted by molar-refractivity contribution is -0.111. The summed E-state index contributed by atoms with van der Waals surface area (Å²) < 4.78 is 0. The molecule has 3 rings (SSSR count). The number of aryl methyl sites for hydroxylation is 2. The highest BCUT2D eigenvalue weighted by molar-refractivity contribution is 6.54. The average molecular weight is 280 g/mol. The molecule has 0 fully saturated rings. The Hall–Kier alpha value is -2.69. The molecule has 106 valence electrons. The largest absolute Gasteiger partial charge is 0.362 e. The van der Waals surface area contributed by atoms with Crippen LogP contribution in [-0.2, 0) is 4.79 Å². The lowest BCUT2D eigenvalue weighted by Crippen LogP contribution is -2.25. The molecule has 0 saturated heterocycles. The van der Waals surface area contributed by atoms with E-state index in [2.05, 4.69) is 15.2 Å². The fourth-order valence-electron chi connectivity index (χ4n) is 2.47. The summed E-state index contributed by atoms with van der Waals surface area (Å²) in [6.07, 6.45) is 1.67. The number of benzene rings is 1. The van der Waals surface area contributed by atoms with Gasteiger partial charge in [0.05, 0.1) is 11.9 Å². The maximum absolute atomic E-state index is 12.2. The maximum atomic E-state index is 12.2. The van der Waals surface area contributed by atoms with E-state index in [0.29, 0.717) is 5.71 Å². The number of amides is 1. The van der Waals surface area contributed by atoms with Gasteiger partial charge in [-0.15, -0.1) is 5.10 Å². The molecule has 0 aliphatic carbocycles. The second-order valence-corrected chi connectivity index (χ2v) is 5.11. The Morgan fingerprint density at radius 3 is 2.71 bits per heavy atom. The molecule has 5 nitrogen and oxygen atoms in total. The highest BCUT2D eigenvalue weighted by atomic mass is 16.2. The van der Waals surface area contributed by atoms with Crippen molar-refractivity contribution in [3.8, 4) is 0 Å². The molecule has 0 unspecified atom stereocenters. The van der Waals surface area contributed by atoms with Crippen LogP contribution in [0.15, 0.2) is 40.5 Å². The molecule has 2 aromatic rings. The summed E-state index contributed by atoms with van der Waals surface area (Å²) in [4.78, 5) is 17.0. The normalized spacial score (nSPS) is 16.2. The van der Waals surface area contributed by atoms with Gasteiger partial charge in [0.1, 0.15) is 0 Å². The van der Waals surface area contributed by atoms with Crippen molar-refractivity contribution in [2.45, 2.75) is 13.8 Å². The summed E-state index contributed by atoms with van der Waals surface area (Å²) >= 11 is 0. The third-order valence-corrected chi connectivity index (χ3v) is 3.57. The topological polar surface area (TPSA) is 60.8 Å². The summed E-state index contributed by atoms with van der Waals surface area (Å²) in [6.45, 7) is 3.97. The third-order valence-electron chi connectivity index (χ3n) is 3.57. The van der Waals surface area contributed by atoms with Gasteiger partial charge in [-0.1, -0.05) is 18.2 Å². The maximum Gasteiger partial charge on any atom is 0.279 e. The van der Waals surface area contributed by atoms with Crippen molar-refractivity contribution in [3.63, 3.8) is 0 Å². The predicted octanol–water partition coefficient (Wildman–Crippen LogP) is 2.43. The minimum atomic E-state index is -0.129. The Balaban J connectivity index is 1.94. The second kappa shape index (κ2) is 5.01. The molecule has 1 aliphatic heterocycles. The molecular weight excluding hydrogens is 264 g/mol. The zero-order valence-corrected chi connectivity index (χ0v) is 12.2. The van der Waals surface area contributed by atoms with E-state index in [1.165, 1.54) is 0 Å². The van der Waals surface area contributed by atoms with E-state index in [9.17, 15) is 4.79 Å². The lowest BCUT2D eigenvalue weighted by atomic mass is 10.1. The quantitative estimate of drug-likeness (QED) is 0.666. The van der Waals surface area contributed by atoms with Crippen LogP contribution < -0.4 is 4.90 Å². The molecule has 0 radical (unpaired) electrons. The molecule has 5 heteroatoms. The highest BCUT2D eigenvalue weighted by Gasteiger charge is 2.30. The van der Waals surface area contributed by atoms with Crippen LogP contribution in [0.3, 0.4) is 0 Å². The van der Waals surface area contributed by atoms with E-state index < -0.39 is 0 Å². The number of nitrogens with one attached hydrogen (secondary N) is 1. The number of para-hydroxylation sites is 1. The molecule has 1 amide bonds. The van der Waals surface area contributed by atoms with Crippen LogP contribution >= 0.6 is 0 Å². The summed E-state index contributed by atoms with van der Waals surface area (Å²) in [5.41, 5.74) is 5.16. The van der Waals surface area contributed by atoms with Gasteiger partial charge < -0.3 is 9.88 Å². The first-order valence-electron chi connectivity index (χ1n) is 6.72. The van der Waals surface area contributed by atoms with E-state index in [0.717, 1.165) is 28.2 Å². The molecule has 0 spiro atoms. The van der Waals surface area contributed by atoms with Crippen LogP contribution in [0.4, 0.5) is 5.69 Å². The van der Waals surface area contributed by atoms with Gasteiger partial charge in [0.15, 0.2) is 5.71 Å². The molecule has 1 aromatic carbocycles. The first-order valence-corrected chi connectivity index (χ1v) is 6.72. The van der Waals surface area contributed by atoms with Crippen LogP contribution in [0.1, 0.15) is 22.5 Å². The van der Waals surface area contributed by atoms with Crippen LogP contribution in [0.25, 0.3) is 0 Å². The van der Waals surface area contributed by atoms with Crippen molar-refractivity contribution in [1.29, 1.82) is 0 Å². The first-order chi connectivity index (χ1) is 10.1. The lowest BCUT2D eigenvalue weighted by Gasteiger charge is -2.07. The average Bonchev–Trinajstić information content (AvgIpc) is 2.91. The van der Waals surface area contributed by atoms with Gasteiger partial charge in [-0.25, -0.2) is 0 Å². The Labute approximate surface area is 123 Å². The number of likely N-dealkylation sites (N-methyl/N-ethyl adjacent to an activating group) is 1. The van der Waals surface area contributed by atoms with Crippen molar-refractivity contribution < 1.29 is 4.79 Å². The highest BCUT2D eigenvalue weighted by Crippen LogP contribution is 2.27. The van der Waals surface area contributed by atoms with E-state index in [-0.39, 0.29) is 5.91 Å². The van der Waals surface area contributed by atoms with Crippen LogP contribution in [0, 0.1) is 13.8 Å². The molecule has 0 saturated carbocycles. The van der Waals surface area contributed by atoms with Crippen molar-refractivity contribution in [1.82, 2.24) is 4.98 Å². The van der Waals surface area contributed by atoms with E-state index >= 15 is 0 Å². The molecule has 0 bridgehead atoms. The first kappa shape index (κ1) is 13.3. The Morgan fingerprint density at radius 1 is 1.24 bits per heavy atom. The van der Waals surface area contributed by atoms with Crippen LogP contribution in [0.5, 0.6) is 0 Å². The number of nitrogens with zero attached hydrogens (tertiary/aromatic N) is 3.